The molecule has 2 aromatic heterocycles. The van der Waals surface area contributed by atoms with Gasteiger partial charge in [0.05, 0.1) is 17.8 Å². The minimum absolute atomic E-state index is 0.135. The number of carboxylic acid groups (broad SMARTS) is 1. The molecule has 6 heteroatoms. The maximum absolute atomic E-state index is 10.9. The van der Waals surface area contributed by atoms with Crippen molar-refractivity contribution < 1.29 is 9.90 Å². The van der Waals surface area contributed by atoms with Crippen molar-refractivity contribution in [3.05, 3.63) is 39.3 Å². The fourth-order valence-electron chi connectivity index (χ4n) is 1.76. The molecular weight excluding hydrogens is 262 g/mol. The van der Waals surface area contributed by atoms with Gasteiger partial charge in [-0.3, -0.25) is 0 Å². The number of hydrogen-bond donors (Lipinski definition) is 2. The molecule has 0 fully saturated rings. The van der Waals surface area contributed by atoms with Crippen molar-refractivity contribution in [2.24, 2.45) is 0 Å². The number of anilines is 1. The van der Waals surface area contributed by atoms with E-state index in [9.17, 15) is 4.79 Å². The quantitative estimate of drug-likeness (QED) is 0.879. The molecule has 0 bridgehead atoms. The highest BCUT2D eigenvalue weighted by Crippen LogP contribution is 2.18. The van der Waals surface area contributed by atoms with Crippen molar-refractivity contribution in [1.29, 1.82) is 0 Å². The van der Waals surface area contributed by atoms with Crippen LogP contribution in [-0.4, -0.2) is 21.0 Å². The maximum atomic E-state index is 10.9. The van der Waals surface area contributed by atoms with E-state index >= 15 is 0 Å². The Bertz CT molecular complexity index is 595. The van der Waals surface area contributed by atoms with Crippen molar-refractivity contribution in [1.82, 2.24) is 9.97 Å². The lowest BCUT2D eigenvalue weighted by Gasteiger charge is -2.06. The van der Waals surface area contributed by atoms with Gasteiger partial charge in [0.25, 0.3) is 0 Å². The molecule has 0 radical (unpaired) electrons. The van der Waals surface area contributed by atoms with Crippen molar-refractivity contribution in [2.75, 3.05) is 5.32 Å². The van der Waals surface area contributed by atoms with Crippen molar-refractivity contribution in [2.45, 2.75) is 26.8 Å². The highest BCUT2D eigenvalue weighted by molar-refractivity contribution is 7.10. The van der Waals surface area contributed by atoms with E-state index in [0.717, 1.165) is 6.42 Å². The molecule has 0 aliphatic rings. The van der Waals surface area contributed by atoms with E-state index in [1.807, 2.05) is 0 Å². The zero-order valence-corrected chi connectivity index (χ0v) is 11.6. The summed E-state index contributed by atoms with van der Waals surface area (Å²) in [5.41, 5.74) is 1.92. The fraction of sp³-hybridized carbons (Fsp3) is 0.308. The Morgan fingerprint density at radius 3 is 2.95 bits per heavy atom. The van der Waals surface area contributed by atoms with Crippen LogP contribution in [0.4, 0.5) is 5.95 Å². The van der Waals surface area contributed by atoms with Crippen LogP contribution < -0.4 is 5.32 Å². The van der Waals surface area contributed by atoms with Crippen molar-refractivity contribution in [3.8, 4) is 0 Å². The summed E-state index contributed by atoms with van der Waals surface area (Å²) in [4.78, 5) is 20.3. The maximum Gasteiger partial charge on any atom is 0.339 e. The normalized spacial score (nSPS) is 10.4. The Labute approximate surface area is 115 Å². The number of aromatic nitrogens is 2. The van der Waals surface area contributed by atoms with E-state index in [2.05, 4.69) is 33.7 Å². The van der Waals surface area contributed by atoms with Crippen molar-refractivity contribution in [3.63, 3.8) is 0 Å². The fourth-order valence-corrected chi connectivity index (χ4v) is 2.67. The first-order chi connectivity index (χ1) is 9.11. The van der Waals surface area contributed by atoms with Crippen molar-refractivity contribution >= 4 is 23.3 Å². The Kier molecular flexibility index (Phi) is 4.11. The molecule has 2 rings (SSSR count). The third-order valence-electron chi connectivity index (χ3n) is 2.84. The molecule has 0 saturated heterocycles. The number of hydrogen-bond acceptors (Lipinski definition) is 5. The van der Waals surface area contributed by atoms with E-state index in [0.29, 0.717) is 18.2 Å². The smallest absolute Gasteiger partial charge is 0.339 e. The second kappa shape index (κ2) is 5.79. The van der Waals surface area contributed by atoms with Gasteiger partial charge in [-0.2, -0.15) is 0 Å². The number of nitrogens with one attached hydrogen (secondary N) is 1. The van der Waals surface area contributed by atoms with E-state index in [1.165, 1.54) is 16.6 Å². The average Bonchev–Trinajstić information content (AvgIpc) is 2.83. The monoisotopic (exact) mass is 277 g/mol. The largest absolute Gasteiger partial charge is 0.478 e. The SMILES string of the molecule is CCc1ccsc1CNc1ncc(C(=O)O)c(C)n1. The van der Waals surface area contributed by atoms with Crippen LogP contribution in [0.15, 0.2) is 17.6 Å². The Hall–Kier alpha value is -1.95. The molecule has 0 unspecified atom stereocenters. The standard InChI is InChI=1S/C13H15N3O2S/c1-3-9-4-5-19-11(9)7-15-13-14-6-10(12(17)18)8(2)16-13/h4-6H,3,7H2,1-2H3,(H,17,18)(H,14,15,16). The second-order valence-electron chi connectivity index (χ2n) is 4.07. The molecule has 0 amide bonds. The van der Waals surface area contributed by atoms with Crippen LogP contribution in [0.1, 0.15) is 33.4 Å². The van der Waals surface area contributed by atoms with Crippen LogP contribution in [0.2, 0.25) is 0 Å². The van der Waals surface area contributed by atoms with Gasteiger partial charge in [-0.15, -0.1) is 11.3 Å². The Balaban J connectivity index is 2.08. The number of nitrogens with zero attached hydrogens (tertiary/aromatic N) is 2. The van der Waals surface area contributed by atoms with Gasteiger partial charge in [0.1, 0.15) is 0 Å². The molecule has 0 saturated carbocycles. The van der Waals surface area contributed by atoms with Gasteiger partial charge in [-0.25, -0.2) is 14.8 Å². The van der Waals surface area contributed by atoms with Crippen LogP contribution >= 0.6 is 11.3 Å². The summed E-state index contributed by atoms with van der Waals surface area (Å²) in [7, 11) is 0. The summed E-state index contributed by atoms with van der Waals surface area (Å²) in [6.07, 6.45) is 2.33. The minimum Gasteiger partial charge on any atom is -0.478 e. The molecule has 2 heterocycles. The zero-order chi connectivity index (χ0) is 13.8. The van der Waals surface area contributed by atoms with Crippen LogP contribution in [0.5, 0.6) is 0 Å². The third kappa shape index (κ3) is 3.08. The zero-order valence-electron chi connectivity index (χ0n) is 10.8. The molecule has 5 nitrogen and oxygen atoms in total. The summed E-state index contributed by atoms with van der Waals surface area (Å²) in [5.74, 6) is -0.548. The number of carbonyl (C=O) groups is 1. The van der Waals surface area contributed by atoms with Gasteiger partial charge >= 0.3 is 5.97 Å². The van der Waals surface area contributed by atoms with Gasteiger partial charge in [-0.05, 0) is 30.4 Å². The minimum atomic E-state index is -1.00. The predicted octanol–water partition coefficient (Wildman–Crippen LogP) is 2.72. The number of rotatable bonds is 5. The number of aryl methyl sites for hydroxylation is 2. The van der Waals surface area contributed by atoms with Crippen LogP contribution in [-0.2, 0) is 13.0 Å². The second-order valence-corrected chi connectivity index (χ2v) is 5.07. The van der Waals surface area contributed by atoms with Gasteiger partial charge in [0.2, 0.25) is 5.95 Å². The van der Waals surface area contributed by atoms with E-state index in [4.69, 9.17) is 5.11 Å². The lowest BCUT2D eigenvalue weighted by Crippen LogP contribution is -2.08. The summed E-state index contributed by atoms with van der Waals surface area (Å²) < 4.78 is 0. The molecule has 19 heavy (non-hydrogen) atoms. The first-order valence-electron chi connectivity index (χ1n) is 5.98. The summed E-state index contributed by atoms with van der Waals surface area (Å²) in [6.45, 7) is 4.44. The molecule has 2 N–H and O–H groups in total. The number of aromatic carboxylic acids is 1. The van der Waals surface area contributed by atoms with Gasteiger partial charge < -0.3 is 10.4 Å². The molecule has 2 aromatic rings. The van der Waals surface area contributed by atoms with Gasteiger partial charge in [0, 0.05) is 11.1 Å². The predicted molar refractivity (Wildman–Crippen MR) is 74.8 cm³/mol. The first-order valence-corrected chi connectivity index (χ1v) is 6.85. The average molecular weight is 277 g/mol. The van der Waals surface area contributed by atoms with Crippen LogP contribution in [0.25, 0.3) is 0 Å². The van der Waals surface area contributed by atoms with E-state index in [-0.39, 0.29) is 5.56 Å². The Morgan fingerprint density at radius 1 is 1.53 bits per heavy atom. The molecule has 0 aliphatic heterocycles. The van der Waals surface area contributed by atoms with E-state index in [1.54, 1.807) is 18.3 Å². The lowest BCUT2D eigenvalue weighted by molar-refractivity contribution is 0.0695. The van der Waals surface area contributed by atoms with Gasteiger partial charge in [0.15, 0.2) is 0 Å². The Morgan fingerprint density at radius 2 is 2.32 bits per heavy atom. The summed E-state index contributed by atoms with van der Waals surface area (Å²) in [6, 6.07) is 2.11. The summed E-state index contributed by atoms with van der Waals surface area (Å²) >= 11 is 1.69. The number of thiophene rings is 1. The molecular formula is C13H15N3O2S. The molecule has 100 valence electrons. The summed E-state index contributed by atoms with van der Waals surface area (Å²) in [5, 5.41) is 14.1. The first kappa shape index (κ1) is 13.5. The highest BCUT2D eigenvalue weighted by Gasteiger charge is 2.10. The van der Waals surface area contributed by atoms with Gasteiger partial charge in [-0.1, -0.05) is 6.92 Å². The molecule has 0 atom stereocenters. The topological polar surface area (TPSA) is 75.1 Å². The van der Waals surface area contributed by atoms with Crippen LogP contribution in [0, 0.1) is 6.92 Å². The molecule has 0 spiro atoms. The lowest BCUT2D eigenvalue weighted by atomic mass is 10.2. The van der Waals surface area contributed by atoms with Crippen LogP contribution in [0.3, 0.4) is 0 Å². The highest BCUT2D eigenvalue weighted by atomic mass is 32.1. The van der Waals surface area contributed by atoms with E-state index < -0.39 is 5.97 Å². The number of carboxylic acids is 1. The third-order valence-corrected chi connectivity index (χ3v) is 3.80. The molecule has 0 aliphatic carbocycles. The molecule has 0 aromatic carbocycles.